The quantitative estimate of drug-likeness (QED) is 0.369. The van der Waals surface area contributed by atoms with Crippen LogP contribution in [0, 0.1) is 0 Å². The number of rotatable bonds is 6. The van der Waals surface area contributed by atoms with Gasteiger partial charge >= 0.3 is 0 Å². The number of amides is 1. The van der Waals surface area contributed by atoms with Crippen LogP contribution in [0.1, 0.15) is 20.8 Å². The minimum Gasteiger partial charge on any atom is -0.410 e. The Morgan fingerprint density at radius 2 is 2.00 bits per heavy atom. The van der Waals surface area contributed by atoms with E-state index in [1.807, 2.05) is 0 Å². The van der Waals surface area contributed by atoms with Crippen molar-refractivity contribution in [2.24, 2.45) is 5.16 Å². The number of likely N-dealkylation sites (N-methyl/N-ethyl adjacent to an activating group) is 1. The van der Waals surface area contributed by atoms with Gasteiger partial charge in [0.2, 0.25) is 0 Å². The molecule has 0 radical (unpaired) electrons. The van der Waals surface area contributed by atoms with Crippen molar-refractivity contribution < 1.29 is 10.0 Å². The number of hydrogen-bond donors (Lipinski definition) is 2. The van der Waals surface area contributed by atoms with Gasteiger partial charge < -0.3 is 15.4 Å². The largest absolute Gasteiger partial charge is 0.410 e. The Morgan fingerprint density at radius 1 is 1.43 bits per heavy atom. The minimum atomic E-state index is -0.320. The van der Waals surface area contributed by atoms with Gasteiger partial charge in [-0.3, -0.25) is 4.79 Å². The predicted molar refractivity (Wildman–Crippen MR) is 55.7 cm³/mol. The molecule has 1 amide bonds. The molecule has 2 N–H and O–H groups in total. The molecule has 0 aromatic heterocycles. The number of carbonyl (C=O) groups is 1. The summed E-state index contributed by atoms with van der Waals surface area (Å²) in [5.74, 6) is -0.320. The molecule has 0 bridgehead atoms. The molecule has 0 heterocycles. The highest BCUT2D eigenvalue weighted by Crippen LogP contribution is 1.84. The summed E-state index contributed by atoms with van der Waals surface area (Å²) in [4.78, 5) is 13.3. The van der Waals surface area contributed by atoms with Gasteiger partial charge in [0.1, 0.15) is 5.71 Å². The molecule has 0 fully saturated rings. The first kappa shape index (κ1) is 12.9. The summed E-state index contributed by atoms with van der Waals surface area (Å²) in [5, 5.41) is 13.8. The number of nitrogens with one attached hydrogen (secondary N) is 1. The zero-order valence-electron chi connectivity index (χ0n) is 9.08. The van der Waals surface area contributed by atoms with Crippen LogP contribution < -0.4 is 5.32 Å². The summed E-state index contributed by atoms with van der Waals surface area (Å²) >= 11 is 0. The molecule has 0 aliphatic heterocycles. The van der Waals surface area contributed by atoms with E-state index in [4.69, 9.17) is 5.21 Å². The fourth-order valence-electron chi connectivity index (χ4n) is 1.04. The van der Waals surface area contributed by atoms with E-state index >= 15 is 0 Å². The lowest BCUT2D eigenvalue weighted by Gasteiger charge is -2.17. The minimum absolute atomic E-state index is 0.0875. The molecular weight excluding hydrogens is 182 g/mol. The van der Waals surface area contributed by atoms with Gasteiger partial charge in [-0.05, 0) is 20.0 Å². The third-order valence-corrected chi connectivity index (χ3v) is 2.09. The van der Waals surface area contributed by atoms with Crippen LogP contribution in [0.3, 0.4) is 0 Å². The average Bonchev–Trinajstić information content (AvgIpc) is 2.22. The number of oxime groups is 1. The third-order valence-electron chi connectivity index (χ3n) is 2.09. The van der Waals surface area contributed by atoms with E-state index in [9.17, 15) is 4.79 Å². The van der Waals surface area contributed by atoms with Crippen molar-refractivity contribution in [2.75, 3.05) is 26.2 Å². The highest BCUT2D eigenvalue weighted by atomic mass is 16.4. The lowest BCUT2D eigenvalue weighted by molar-refractivity contribution is -0.115. The van der Waals surface area contributed by atoms with E-state index in [0.29, 0.717) is 6.54 Å². The van der Waals surface area contributed by atoms with Gasteiger partial charge in [-0.1, -0.05) is 19.0 Å². The first-order valence-electron chi connectivity index (χ1n) is 4.84. The van der Waals surface area contributed by atoms with Crippen molar-refractivity contribution in [2.45, 2.75) is 20.8 Å². The lowest BCUT2D eigenvalue weighted by Crippen LogP contribution is -2.37. The van der Waals surface area contributed by atoms with Crippen LogP contribution in [0.4, 0.5) is 0 Å². The molecule has 0 unspecified atom stereocenters. The van der Waals surface area contributed by atoms with Crippen molar-refractivity contribution in [1.29, 1.82) is 0 Å². The van der Waals surface area contributed by atoms with Gasteiger partial charge in [0.25, 0.3) is 5.91 Å². The van der Waals surface area contributed by atoms with Crippen LogP contribution in [-0.2, 0) is 4.79 Å². The van der Waals surface area contributed by atoms with E-state index < -0.39 is 0 Å². The highest BCUT2D eigenvalue weighted by Gasteiger charge is 2.05. The van der Waals surface area contributed by atoms with Crippen LogP contribution in [0.15, 0.2) is 5.16 Å². The lowest BCUT2D eigenvalue weighted by atomic mass is 10.4. The number of hydrogen-bond acceptors (Lipinski definition) is 4. The topological polar surface area (TPSA) is 64.9 Å². The van der Waals surface area contributed by atoms with E-state index in [-0.39, 0.29) is 11.6 Å². The normalized spacial score (nSPS) is 11.9. The molecule has 5 heteroatoms. The standard InChI is InChI=1S/C9H19N3O2/c1-4-12(5-2)7-6-10-9(13)8(3)11-14/h14H,4-7H2,1-3H3,(H,10,13). The molecule has 0 spiro atoms. The first-order valence-corrected chi connectivity index (χ1v) is 4.84. The molecule has 0 aliphatic carbocycles. The fraction of sp³-hybridized carbons (Fsp3) is 0.778. The van der Waals surface area contributed by atoms with E-state index in [2.05, 4.69) is 29.2 Å². The molecule has 0 aliphatic rings. The zero-order chi connectivity index (χ0) is 11.0. The molecule has 82 valence electrons. The molecule has 5 nitrogen and oxygen atoms in total. The number of nitrogens with zero attached hydrogens (tertiary/aromatic N) is 2. The summed E-state index contributed by atoms with van der Waals surface area (Å²) in [5.41, 5.74) is 0.0875. The highest BCUT2D eigenvalue weighted by molar-refractivity contribution is 6.37. The van der Waals surface area contributed by atoms with Crippen LogP contribution >= 0.6 is 0 Å². The van der Waals surface area contributed by atoms with Gasteiger partial charge in [-0.15, -0.1) is 0 Å². The molecule has 14 heavy (non-hydrogen) atoms. The van der Waals surface area contributed by atoms with Crippen LogP contribution in [0.5, 0.6) is 0 Å². The van der Waals surface area contributed by atoms with Gasteiger partial charge in [0, 0.05) is 13.1 Å². The monoisotopic (exact) mass is 201 g/mol. The molecule has 0 rings (SSSR count). The Morgan fingerprint density at radius 3 is 2.43 bits per heavy atom. The Kier molecular flexibility index (Phi) is 6.74. The second kappa shape index (κ2) is 7.32. The Hall–Kier alpha value is -1.10. The average molecular weight is 201 g/mol. The van der Waals surface area contributed by atoms with Crippen molar-refractivity contribution in [3.63, 3.8) is 0 Å². The van der Waals surface area contributed by atoms with Crippen LogP contribution in [0.25, 0.3) is 0 Å². The maximum absolute atomic E-state index is 11.1. The molecule has 0 aromatic carbocycles. The smallest absolute Gasteiger partial charge is 0.268 e. The molecule has 0 aromatic rings. The predicted octanol–water partition coefficient (Wildman–Crippen LogP) is 0.294. The number of carbonyl (C=O) groups excluding carboxylic acids is 1. The SMILES string of the molecule is CCN(CC)CCNC(=O)C(C)=NO. The summed E-state index contributed by atoms with van der Waals surface area (Å²) in [6, 6.07) is 0. The van der Waals surface area contributed by atoms with Crippen LogP contribution in [0.2, 0.25) is 0 Å². The Bertz CT molecular complexity index is 200. The summed E-state index contributed by atoms with van der Waals surface area (Å²) in [7, 11) is 0. The van der Waals surface area contributed by atoms with Crippen molar-refractivity contribution >= 4 is 11.6 Å². The Balaban J connectivity index is 3.68. The molecule has 0 atom stereocenters. The van der Waals surface area contributed by atoms with Crippen molar-refractivity contribution in [1.82, 2.24) is 10.2 Å². The molecule has 0 saturated carbocycles. The maximum atomic E-state index is 11.1. The van der Waals surface area contributed by atoms with Crippen LogP contribution in [-0.4, -0.2) is 47.9 Å². The van der Waals surface area contributed by atoms with E-state index in [1.54, 1.807) is 0 Å². The van der Waals surface area contributed by atoms with Crippen molar-refractivity contribution in [3.8, 4) is 0 Å². The first-order chi connectivity index (χ1) is 6.65. The summed E-state index contributed by atoms with van der Waals surface area (Å²) in [6.07, 6.45) is 0. The van der Waals surface area contributed by atoms with E-state index in [1.165, 1.54) is 6.92 Å². The Labute approximate surface area is 84.8 Å². The summed E-state index contributed by atoms with van der Waals surface area (Å²) in [6.45, 7) is 8.95. The second-order valence-corrected chi connectivity index (χ2v) is 2.97. The fourth-order valence-corrected chi connectivity index (χ4v) is 1.04. The maximum Gasteiger partial charge on any atom is 0.268 e. The van der Waals surface area contributed by atoms with Gasteiger partial charge in [-0.2, -0.15) is 0 Å². The van der Waals surface area contributed by atoms with Gasteiger partial charge in [-0.25, -0.2) is 0 Å². The van der Waals surface area contributed by atoms with Crippen molar-refractivity contribution in [3.05, 3.63) is 0 Å². The third kappa shape index (κ3) is 4.81. The second-order valence-electron chi connectivity index (χ2n) is 2.97. The van der Waals surface area contributed by atoms with Gasteiger partial charge in [0.15, 0.2) is 0 Å². The molecular formula is C9H19N3O2. The van der Waals surface area contributed by atoms with Gasteiger partial charge in [0.05, 0.1) is 0 Å². The van der Waals surface area contributed by atoms with E-state index in [0.717, 1.165) is 19.6 Å². The molecule has 0 saturated heterocycles. The summed E-state index contributed by atoms with van der Waals surface area (Å²) < 4.78 is 0. The zero-order valence-corrected chi connectivity index (χ0v) is 9.08.